The Bertz CT molecular complexity index is 1570. The van der Waals surface area contributed by atoms with Crippen molar-refractivity contribution >= 4 is 32.7 Å². The second kappa shape index (κ2) is 6.78. The van der Waals surface area contributed by atoms with E-state index in [9.17, 15) is 0 Å². The Kier molecular flexibility index (Phi) is 3.90. The van der Waals surface area contributed by atoms with Gasteiger partial charge in [0, 0.05) is 22.0 Å². The lowest BCUT2D eigenvalue weighted by atomic mass is 10.0. The molecule has 4 aromatic carbocycles. The Morgan fingerprint density at radius 1 is 0.677 bits per heavy atom. The normalized spacial score (nSPS) is 11.5. The van der Waals surface area contributed by atoms with Crippen molar-refractivity contribution in [1.82, 2.24) is 14.5 Å². The van der Waals surface area contributed by atoms with Gasteiger partial charge >= 0.3 is 0 Å². The van der Waals surface area contributed by atoms with Crippen LogP contribution in [0.2, 0.25) is 0 Å². The minimum atomic E-state index is 0.935. The summed E-state index contributed by atoms with van der Waals surface area (Å²) in [5.74, 6) is 0. The Balaban J connectivity index is 1.86. The van der Waals surface area contributed by atoms with Gasteiger partial charge in [-0.1, -0.05) is 72.8 Å². The van der Waals surface area contributed by atoms with Gasteiger partial charge in [0.15, 0.2) is 0 Å². The molecule has 0 aliphatic rings. The highest BCUT2D eigenvalue weighted by Gasteiger charge is 2.20. The van der Waals surface area contributed by atoms with E-state index in [1.165, 1.54) is 32.8 Å². The van der Waals surface area contributed by atoms with Gasteiger partial charge in [0.2, 0.25) is 0 Å². The van der Waals surface area contributed by atoms with Crippen LogP contribution in [0.15, 0.2) is 91.3 Å². The van der Waals surface area contributed by atoms with Crippen LogP contribution in [0.1, 0.15) is 11.1 Å². The fourth-order valence-electron chi connectivity index (χ4n) is 4.74. The molecule has 0 unspecified atom stereocenters. The van der Waals surface area contributed by atoms with Crippen molar-refractivity contribution < 1.29 is 0 Å². The standard InChI is InChI=1S/C28H21N3/c1-18-14-19(2)16-22(15-18)31-27-23-11-7-6-8-20(23)12-13-24(27)25-26(29-17-30-28(25)31)21-9-4-3-5-10-21/h3-17H,1-2H3. The highest BCUT2D eigenvalue weighted by molar-refractivity contribution is 6.20. The highest BCUT2D eigenvalue weighted by atomic mass is 15.1. The van der Waals surface area contributed by atoms with Crippen LogP contribution in [-0.4, -0.2) is 14.5 Å². The molecule has 6 rings (SSSR count). The third-order valence-electron chi connectivity index (χ3n) is 5.94. The summed E-state index contributed by atoms with van der Waals surface area (Å²) < 4.78 is 2.31. The number of benzene rings is 4. The van der Waals surface area contributed by atoms with Crippen LogP contribution in [0.25, 0.3) is 49.7 Å². The van der Waals surface area contributed by atoms with Gasteiger partial charge < -0.3 is 0 Å². The number of hydrogen-bond donors (Lipinski definition) is 0. The number of aryl methyl sites for hydroxylation is 2. The summed E-state index contributed by atoms with van der Waals surface area (Å²) in [4.78, 5) is 9.52. The van der Waals surface area contributed by atoms with Gasteiger partial charge in [0.25, 0.3) is 0 Å². The zero-order chi connectivity index (χ0) is 20.9. The van der Waals surface area contributed by atoms with Crippen LogP contribution in [-0.2, 0) is 0 Å². The average Bonchev–Trinajstić information content (AvgIpc) is 3.14. The van der Waals surface area contributed by atoms with Crippen molar-refractivity contribution in [3.05, 3.63) is 102 Å². The van der Waals surface area contributed by atoms with E-state index >= 15 is 0 Å². The van der Waals surface area contributed by atoms with Crippen molar-refractivity contribution in [3.8, 4) is 16.9 Å². The van der Waals surface area contributed by atoms with Crippen molar-refractivity contribution in [1.29, 1.82) is 0 Å². The number of hydrogen-bond acceptors (Lipinski definition) is 2. The van der Waals surface area contributed by atoms with Gasteiger partial charge in [-0.05, 0) is 42.5 Å². The summed E-state index contributed by atoms with van der Waals surface area (Å²) in [5, 5.41) is 4.70. The van der Waals surface area contributed by atoms with Crippen LogP contribution < -0.4 is 0 Å². The molecule has 3 nitrogen and oxygen atoms in total. The third-order valence-corrected chi connectivity index (χ3v) is 5.94. The summed E-state index contributed by atoms with van der Waals surface area (Å²) in [7, 11) is 0. The summed E-state index contributed by atoms with van der Waals surface area (Å²) in [6, 6.07) is 30.0. The van der Waals surface area contributed by atoms with Gasteiger partial charge in [-0.25, -0.2) is 9.97 Å². The zero-order valence-corrected chi connectivity index (χ0v) is 17.5. The lowest BCUT2D eigenvalue weighted by Gasteiger charge is -2.11. The van der Waals surface area contributed by atoms with Gasteiger partial charge in [-0.15, -0.1) is 0 Å². The average molecular weight is 399 g/mol. The molecule has 0 atom stereocenters. The highest BCUT2D eigenvalue weighted by Crippen LogP contribution is 2.39. The van der Waals surface area contributed by atoms with Crippen LogP contribution in [0.4, 0.5) is 0 Å². The number of rotatable bonds is 2. The molecule has 148 valence electrons. The quantitative estimate of drug-likeness (QED) is 0.313. The lowest BCUT2D eigenvalue weighted by molar-refractivity contribution is 1.10. The second-order valence-corrected chi connectivity index (χ2v) is 8.15. The predicted molar refractivity (Wildman–Crippen MR) is 129 cm³/mol. The Morgan fingerprint density at radius 3 is 2.23 bits per heavy atom. The molecule has 0 saturated carbocycles. The Morgan fingerprint density at radius 2 is 1.42 bits per heavy atom. The predicted octanol–water partition coefficient (Wildman–Crippen LogP) is 7.01. The van der Waals surface area contributed by atoms with Gasteiger partial charge in [-0.3, -0.25) is 4.57 Å². The maximum Gasteiger partial charge on any atom is 0.149 e. The van der Waals surface area contributed by atoms with Crippen molar-refractivity contribution in [2.24, 2.45) is 0 Å². The molecule has 0 N–H and O–H groups in total. The minimum absolute atomic E-state index is 0.935. The first-order valence-corrected chi connectivity index (χ1v) is 10.5. The summed E-state index contributed by atoms with van der Waals surface area (Å²) in [6.45, 7) is 4.29. The molecule has 3 heteroatoms. The van der Waals surface area contributed by atoms with E-state index in [-0.39, 0.29) is 0 Å². The molecule has 0 aliphatic heterocycles. The molecular weight excluding hydrogens is 378 g/mol. The molecule has 0 radical (unpaired) electrons. The molecule has 2 heterocycles. The van der Waals surface area contributed by atoms with Crippen LogP contribution in [0.3, 0.4) is 0 Å². The molecule has 0 aliphatic carbocycles. The largest absolute Gasteiger partial charge is 0.293 e. The van der Waals surface area contributed by atoms with E-state index in [1.807, 2.05) is 6.07 Å². The van der Waals surface area contributed by atoms with Crippen molar-refractivity contribution in [3.63, 3.8) is 0 Å². The summed E-state index contributed by atoms with van der Waals surface area (Å²) in [5.41, 5.74) is 7.79. The molecule has 6 aromatic rings. The summed E-state index contributed by atoms with van der Waals surface area (Å²) >= 11 is 0. The van der Waals surface area contributed by atoms with Gasteiger partial charge in [0.05, 0.1) is 16.6 Å². The van der Waals surface area contributed by atoms with E-state index in [0.717, 1.165) is 28.0 Å². The molecule has 2 aromatic heterocycles. The van der Waals surface area contributed by atoms with Gasteiger partial charge in [0.1, 0.15) is 12.0 Å². The third kappa shape index (κ3) is 2.74. The lowest BCUT2D eigenvalue weighted by Crippen LogP contribution is -1.98. The molecule has 0 amide bonds. The smallest absolute Gasteiger partial charge is 0.149 e. The Labute approximate surface area is 180 Å². The van der Waals surface area contributed by atoms with Crippen molar-refractivity contribution in [2.45, 2.75) is 13.8 Å². The molecule has 0 fully saturated rings. The fourth-order valence-corrected chi connectivity index (χ4v) is 4.74. The first-order chi connectivity index (χ1) is 15.2. The first kappa shape index (κ1) is 17.8. The van der Waals surface area contributed by atoms with Gasteiger partial charge in [-0.2, -0.15) is 0 Å². The van der Waals surface area contributed by atoms with E-state index in [2.05, 4.69) is 97.3 Å². The van der Waals surface area contributed by atoms with E-state index in [0.29, 0.717) is 0 Å². The minimum Gasteiger partial charge on any atom is -0.293 e. The molecule has 0 bridgehead atoms. The number of fused-ring (bicyclic) bond motifs is 5. The SMILES string of the molecule is Cc1cc(C)cc(-n2c3ncnc(-c4ccccc4)c3c3ccc4ccccc4c32)c1. The monoisotopic (exact) mass is 399 g/mol. The molecule has 0 saturated heterocycles. The number of nitrogens with zero attached hydrogens (tertiary/aromatic N) is 3. The fraction of sp³-hybridized carbons (Fsp3) is 0.0714. The van der Waals surface area contributed by atoms with Crippen LogP contribution in [0, 0.1) is 13.8 Å². The number of aromatic nitrogens is 3. The second-order valence-electron chi connectivity index (χ2n) is 8.15. The maximum absolute atomic E-state index is 4.80. The van der Waals surface area contributed by atoms with E-state index in [1.54, 1.807) is 6.33 Å². The maximum atomic E-state index is 4.80. The molecular formula is C28H21N3. The Hall–Kier alpha value is -3.98. The summed E-state index contributed by atoms with van der Waals surface area (Å²) in [6.07, 6.45) is 1.69. The van der Waals surface area contributed by atoms with Crippen molar-refractivity contribution in [2.75, 3.05) is 0 Å². The van der Waals surface area contributed by atoms with Crippen LogP contribution in [0.5, 0.6) is 0 Å². The first-order valence-electron chi connectivity index (χ1n) is 10.5. The van der Waals surface area contributed by atoms with Crippen LogP contribution >= 0.6 is 0 Å². The van der Waals surface area contributed by atoms with E-state index < -0.39 is 0 Å². The topological polar surface area (TPSA) is 30.7 Å². The molecule has 31 heavy (non-hydrogen) atoms. The zero-order valence-electron chi connectivity index (χ0n) is 17.5. The van der Waals surface area contributed by atoms with E-state index in [4.69, 9.17) is 9.97 Å². The molecule has 0 spiro atoms.